The normalized spacial score (nSPS) is 17.8. The zero-order valence-corrected chi connectivity index (χ0v) is 12.0. The van der Waals surface area contributed by atoms with Gasteiger partial charge in [-0.25, -0.2) is 9.97 Å². The molecule has 0 fully saturated rings. The van der Waals surface area contributed by atoms with Crippen LogP contribution in [-0.4, -0.2) is 16.5 Å². The van der Waals surface area contributed by atoms with Crippen LogP contribution in [0.2, 0.25) is 0 Å². The zero-order valence-electron chi connectivity index (χ0n) is 12.0. The Labute approximate surface area is 120 Å². The highest BCUT2D eigenvalue weighted by atomic mass is 14.9. The Bertz CT molecular complexity index is 590. The second kappa shape index (κ2) is 5.71. The lowest BCUT2D eigenvalue weighted by molar-refractivity contribution is 0.462. The monoisotopic (exact) mass is 267 g/mol. The Morgan fingerprint density at radius 1 is 1.25 bits per heavy atom. The summed E-state index contributed by atoms with van der Waals surface area (Å²) in [5.74, 6) is 1.44. The first kappa shape index (κ1) is 13.3. The molecule has 1 atom stereocenters. The third kappa shape index (κ3) is 2.59. The van der Waals surface area contributed by atoms with Gasteiger partial charge in [0.05, 0.1) is 0 Å². The van der Waals surface area contributed by atoms with Crippen LogP contribution in [0.25, 0.3) is 11.4 Å². The van der Waals surface area contributed by atoms with E-state index < -0.39 is 0 Å². The summed E-state index contributed by atoms with van der Waals surface area (Å²) in [7, 11) is 0. The average Bonchev–Trinajstić information content (AvgIpc) is 2.54. The molecule has 3 heteroatoms. The summed E-state index contributed by atoms with van der Waals surface area (Å²) < 4.78 is 0. The van der Waals surface area contributed by atoms with E-state index in [1.54, 1.807) is 0 Å². The van der Waals surface area contributed by atoms with Gasteiger partial charge in [-0.05, 0) is 49.3 Å². The molecule has 0 aliphatic heterocycles. The number of hydrogen-bond acceptors (Lipinski definition) is 3. The molecule has 0 amide bonds. The number of nitrogens with zero attached hydrogens (tertiary/aromatic N) is 2. The van der Waals surface area contributed by atoms with Crippen LogP contribution in [0.3, 0.4) is 0 Å². The largest absolute Gasteiger partial charge is 0.330 e. The van der Waals surface area contributed by atoms with Crippen molar-refractivity contribution in [3.63, 3.8) is 0 Å². The molecule has 0 saturated heterocycles. The van der Waals surface area contributed by atoms with Crippen molar-refractivity contribution in [2.24, 2.45) is 11.7 Å². The van der Waals surface area contributed by atoms with E-state index >= 15 is 0 Å². The van der Waals surface area contributed by atoms with Crippen LogP contribution in [0.15, 0.2) is 30.5 Å². The van der Waals surface area contributed by atoms with Gasteiger partial charge in [-0.15, -0.1) is 0 Å². The standard InChI is InChI=1S/C17H21N3/c1-2-12-3-6-14(7-4-12)17-19-11-15-9-13(10-18)5-8-16(15)20-17/h3-4,6-7,11,13H,2,5,8-10,18H2,1H3. The van der Waals surface area contributed by atoms with Gasteiger partial charge in [-0.3, -0.25) is 0 Å². The molecule has 3 rings (SSSR count). The molecule has 2 aromatic rings. The van der Waals surface area contributed by atoms with E-state index in [1.807, 2.05) is 6.20 Å². The first-order valence-electron chi connectivity index (χ1n) is 7.44. The molecule has 20 heavy (non-hydrogen) atoms. The molecule has 2 N–H and O–H groups in total. The molecule has 0 bridgehead atoms. The molecule has 1 unspecified atom stereocenters. The van der Waals surface area contributed by atoms with E-state index in [1.165, 1.54) is 16.8 Å². The predicted octanol–water partition coefficient (Wildman–Crippen LogP) is 2.77. The van der Waals surface area contributed by atoms with Gasteiger partial charge in [-0.2, -0.15) is 0 Å². The molecular weight excluding hydrogens is 246 g/mol. The van der Waals surface area contributed by atoms with Gasteiger partial charge in [0.25, 0.3) is 0 Å². The summed E-state index contributed by atoms with van der Waals surface area (Å²) in [5.41, 5.74) is 10.7. The topological polar surface area (TPSA) is 51.8 Å². The third-order valence-corrected chi connectivity index (χ3v) is 4.21. The fourth-order valence-electron chi connectivity index (χ4n) is 2.81. The minimum atomic E-state index is 0.598. The molecule has 104 valence electrons. The van der Waals surface area contributed by atoms with Crippen LogP contribution in [0, 0.1) is 5.92 Å². The van der Waals surface area contributed by atoms with Gasteiger partial charge in [0.15, 0.2) is 5.82 Å². The van der Waals surface area contributed by atoms with Crippen molar-refractivity contribution in [1.29, 1.82) is 0 Å². The Morgan fingerprint density at radius 3 is 2.75 bits per heavy atom. The summed E-state index contributed by atoms with van der Waals surface area (Å²) in [5, 5.41) is 0. The molecule has 3 nitrogen and oxygen atoms in total. The highest BCUT2D eigenvalue weighted by Gasteiger charge is 2.19. The van der Waals surface area contributed by atoms with E-state index in [0.717, 1.165) is 43.6 Å². The van der Waals surface area contributed by atoms with Crippen LogP contribution >= 0.6 is 0 Å². The van der Waals surface area contributed by atoms with Crippen molar-refractivity contribution >= 4 is 0 Å². The quantitative estimate of drug-likeness (QED) is 0.930. The average molecular weight is 267 g/mol. The van der Waals surface area contributed by atoms with E-state index in [9.17, 15) is 0 Å². The van der Waals surface area contributed by atoms with Crippen LogP contribution in [0.5, 0.6) is 0 Å². The van der Waals surface area contributed by atoms with Crippen LogP contribution in [0.4, 0.5) is 0 Å². The summed E-state index contributed by atoms with van der Waals surface area (Å²) in [6.07, 6.45) is 6.26. The molecule has 1 aliphatic rings. The summed E-state index contributed by atoms with van der Waals surface area (Å²) in [6, 6.07) is 8.54. The SMILES string of the molecule is CCc1ccc(-c2ncc3c(n2)CCC(CN)C3)cc1. The maximum absolute atomic E-state index is 5.77. The van der Waals surface area contributed by atoms with Crippen molar-refractivity contribution in [3.8, 4) is 11.4 Å². The lowest BCUT2D eigenvalue weighted by Crippen LogP contribution is -2.23. The van der Waals surface area contributed by atoms with Gasteiger partial charge < -0.3 is 5.73 Å². The van der Waals surface area contributed by atoms with Crippen molar-refractivity contribution in [1.82, 2.24) is 9.97 Å². The summed E-state index contributed by atoms with van der Waals surface area (Å²) >= 11 is 0. The van der Waals surface area contributed by atoms with Crippen molar-refractivity contribution in [3.05, 3.63) is 47.3 Å². The molecule has 1 aromatic heterocycles. The lowest BCUT2D eigenvalue weighted by Gasteiger charge is -2.22. The number of hydrogen-bond donors (Lipinski definition) is 1. The van der Waals surface area contributed by atoms with Gasteiger partial charge in [0, 0.05) is 17.5 Å². The molecule has 1 aliphatic carbocycles. The second-order valence-electron chi connectivity index (χ2n) is 5.56. The molecule has 1 aromatic carbocycles. The first-order chi connectivity index (χ1) is 9.80. The second-order valence-corrected chi connectivity index (χ2v) is 5.56. The molecule has 0 spiro atoms. The fraction of sp³-hybridized carbons (Fsp3) is 0.412. The van der Waals surface area contributed by atoms with Crippen molar-refractivity contribution < 1.29 is 0 Å². The Kier molecular flexibility index (Phi) is 3.79. The number of fused-ring (bicyclic) bond motifs is 1. The Hall–Kier alpha value is -1.74. The van der Waals surface area contributed by atoms with Crippen LogP contribution < -0.4 is 5.73 Å². The fourth-order valence-corrected chi connectivity index (χ4v) is 2.81. The summed E-state index contributed by atoms with van der Waals surface area (Å²) in [6.45, 7) is 2.93. The number of aromatic nitrogens is 2. The maximum atomic E-state index is 5.77. The van der Waals surface area contributed by atoms with Crippen LogP contribution in [0.1, 0.15) is 30.2 Å². The van der Waals surface area contributed by atoms with Gasteiger partial charge in [0.1, 0.15) is 0 Å². The number of benzene rings is 1. The highest BCUT2D eigenvalue weighted by Crippen LogP contribution is 2.25. The van der Waals surface area contributed by atoms with Gasteiger partial charge in [0.2, 0.25) is 0 Å². The minimum absolute atomic E-state index is 0.598. The first-order valence-corrected chi connectivity index (χ1v) is 7.44. The highest BCUT2D eigenvalue weighted by molar-refractivity contribution is 5.55. The van der Waals surface area contributed by atoms with Crippen molar-refractivity contribution in [2.75, 3.05) is 6.54 Å². The van der Waals surface area contributed by atoms with Crippen molar-refractivity contribution in [2.45, 2.75) is 32.6 Å². The Morgan fingerprint density at radius 2 is 2.05 bits per heavy atom. The molecule has 0 saturated carbocycles. The Balaban J connectivity index is 1.88. The smallest absolute Gasteiger partial charge is 0.159 e. The maximum Gasteiger partial charge on any atom is 0.159 e. The van der Waals surface area contributed by atoms with E-state index in [0.29, 0.717) is 5.92 Å². The number of rotatable bonds is 3. The lowest BCUT2D eigenvalue weighted by atomic mass is 9.87. The van der Waals surface area contributed by atoms with Crippen LogP contribution in [-0.2, 0) is 19.3 Å². The molecular formula is C17H21N3. The van der Waals surface area contributed by atoms with Gasteiger partial charge >= 0.3 is 0 Å². The van der Waals surface area contributed by atoms with Gasteiger partial charge in [-0.1, -0.05) is 31.2 Å². The number of aryl methyl sites for hydroxylation is 2. The molecule has 1 heterocycles. The number of nitrogens with two attached hydrogens (primary N) is 1. The van der Waals surface area contributed by atoms with E-state index in [-0.39, 0.29) is 0 Å². The predicted molar refractivity (Wildman–Crippen MR) is 81.4 cm³/mol. The summed E-state index contributed by atoms with van der Waals surface area (Å²) in [4.78, 5) is 9.29. The molecule has 0 radical (unpaired) electrons. The minimum Gasteiger partial charge on any atom is -0.330 e. The van der Waals surface area contributed by atoms with E-state index in [4.69, 9.17) is 10.7 Å². The third-order valence-electron chi connectivity index (χ3n) is 4.21. The zero-order chi connectivity index (χ0) is 13.9. The van der Waals surface area contributed by atoms with E-state index in [2.05, 4.69) is 36.2 Å².